The van der Waals surface area contributed by atoms with Gasteiger partial charge in [-0.25, -0.2) is 0 Å². The highest BCUT2D eigenvalue weighted by atomic mass is 16.5. The highest BCUT2D eigenvalue weighted by Crippen LogP contribution is 2.19. The van der Waals surface area contributed by atoms with Gasteiger partial charge in [-0.2, -0.15) is 4.80 Å². The summed E-state index contributed by atoms with van der Waals surface area (Å²) >= 11 is 0. The summed E-state index contributed by atoms with van der Waals surface area (Å²) in [6.45, 7) is 5.56. The Balaban J connectivity index is 1.63. The van der Waals surface area contributed by atoms with E-state index in [1.165, 1.54) is 11.3 Å². The minimum absolute atomic E-state index is 0.799. The van der Waals surface area contributed by atoms with Gasteiger partial charge in [-0.05, 0) is 48.9 Å². The van der Waals surface area contributed by atoms with Crippen molar-refractivity contribution in [3.8, 4) is 5.69 Å². The minimum atomic E-state index is 0.799. The molecule has 22 heavy (non-hydrogen) atoms. The molecule has 0 amide bonds. The summed E-state index contributed by atoms with van der Waals surface area (Å²) in [5, 5.41) is 9.10. The third-order valence-corrected chi connectivity index (χ3v) is 3.99. The smallest absolute Gasteiger partial charge is 0.113 e. The second-order valence-electron chi connectivity index (χ2n) is 5.60. The number of aromatic nitrogens is 3. The quantitative estimate of drug-likeness (QED) is 0.728. The third kappa shape index (κ3) is 2.44. The first kappa shape index (κ1) is 13.3. The lowest BCUT2D eigenvalue weighted by Crippen LogP contribution is -2.36. The van der Waals surface area contributed by atoms with Gasteiger partial charge in [-0.3, -0.25) is 0 Å². The predicted octanol–water partition coefficient (Wildman–Crippen LogP) is 2.57. The summed E-state index contributed by atoms with van der Waals surface area (Å²) in [5.74, 6) is 0. The minimum Gasteiger partial charge on any atom is -0.378 e. The molecule has 0 N–H and O–H groups in total. The molecule has 1 aromatic heterocycles. The Morgan fingerprint density at radius 2 is 1.55 bits per heavy atom. The fourth-order valence-electron chi connectivity index (χ4n) is 2.76. The van der Waals surface area contributed by atoms with E-state index in [1.54, 1.807) is 4.80 Å². The van der Waals surface area contributed by atoms with Crippen LogP contribution in [0.2, 0.25) is 0 Å². The monoisotopic (exact) mass is 294 g/mol. The van der Waals surface area contributed by atoms with Gasteiger partial charge in [0.2, 0.25) is 0 Å². The summed E-state index contributed by atoms with van der Waals surface area (Å²) in [4.78, 5) is 4.04. The first-order valence-electron chi connectivity index (χ1n) is 7.56. The molecule has 1 aliphatic heterocycles. The second-order valence-corrected chi connectivity index (χ2v) is 5.60. The van der Waals surface area contributed by atoms with Crippen LogP contribution in [0, 0.1) is 6.92 Å². The Labute approximate surface area is 129 Å². The first-order chi connectivity index (χ1) is 10.8. The van der Waals surface area contributed by atoms with E-state index in [0.717, 1.165) is 43.0 Å². The molecule has 4 rings (SSSR count). The van der Waals surface area contributed by atoms with E-state index >= 15 is 0 Å². The number of fused-ring (bicyclic) bond motifs is 1. The molecule has 0 radical (unpaired) electrons. The van der Waals surface area contributed by atoms with Gasteiger partial charge in [0.05, 0.1) is 18.9 Å². The Kier molecular flexibility index (Phi) is 3.27. The fraction of sp³-hybridized carbons (Fsp3) is 0.294. The summed E-state index contributed by atoms with van der Waals surface area (Å²) in [5.41, 5.74) is 5.24. The fourth-order valence-corrected chi connectivity index (χ4v) is 2.76. The predicted molar refractivity (Wildman–Crippen MR) is 86.6 cm³/mol. The van der Waals surface area contributed by atoms with Gasteiger partial charge in [0.1, 0.15) is 11.0 Å². The highest BCUT2D eigenvalue weighted by Gasteiger charge is 2.11. The zero-order valence-electron chi connectivity index (χ0n) is 12.6. The molecule has 5 heteroatoms. The zero-order valence-corrected chi connectivity index (χ0v) is 12.6. The molecule has 0 unspecified atom stereocenters. The molecule has 0 spiro atoms. The lowest BCUT2D eigenvalue weighted by molar-refractivity contribution is 0.122. The Bertz CT molecular complexity index is 788. The largest absolute Gasteiger partial charge is 0.378 e. The average molecular weight is 294 g/mol. The van der Waals surface area contributed by atoms with Gasteiger partial charge in [0.15, 0.2) is 0 Å². The lowest BCUT2D eigenvalue weighted by Gasteiger charge is -2.28. The lowest BCUT2D eigenvalue weighted by atomic mass is 10.2. The molecule has 112 valence electrons. The number of anilines is 1. The highest BCUT2D eigenvalue weighted by molar-refractivity contribution is 5.74. The Morgan fingerprint density at radius 1 is 0.864 bits per heavy atom. The van der Waals surface area contributed by atoms with E-state index in [-0.39, 0.29) is 0 Å². The molecule has 0 saturated carbocycles. The summed E-state index contributed by atoms with van der Waals surface area (Å²) in [7, 11) is 0. The van der Waals surface area contributed by atoms with Crippen LogP contribution in [0.4, 0.5) is 5.69 Å². The number of hydrogen-bond acceptors (Lipinski definition) is 4. The van der Waals surface area contributed by atoms with Gasteiger partial charge in [0, 0.05) is 18.8 Å². The van der Waals surface area contributed by atoms with Crippen LogP contribution in [0.15, 0.2) is 42.5 Å². The van der Waals surface area contributed by atoms with Gasteiger partial charge < -0.3 is 9.64 Å². The summed E-state index contributed by atoms with van der Waals surface area (Å²) in [6.07, 6.45) is 0. The molecule has 0 aliphatic carbocycles. The van der Waals surface area contributed by atoms with Crippen molar-refractivity contribution in [1.82, 2.24) is 15.0 Å². The normalized spacial score (nSPS) is 15.4. The van der Waals surface area contributed by atoms with Crippen LogP contribution >= 0.6 is 0 Å². The SMILES string of the molecule is Cc1ccc2nn(-c3ccc(N4CCOCC4)cc3)nc2c1. The van der Waals surface area contributed by atoms with Gasteiger partial charge in [0.25, 0.3) is 0 Å². The van der Waals surface area contributed by atoms with Crippen LogP contribution in [0.5, 0.6) is 0 Å². The number of ether oxygens (including phenoxy) is 1. The second kappa shape index (κ2) is 5.42. The van der Waals surface area contributed by atoms with Crippen molar-refractivity contribution in [2.75, 3.05) is 31.2 Å². The van der Waals surface area contributed by atoms with Crippen LogP contribution < -0.4 is 4.90 Å². The van der Waals surface area contributed by atoms with E-state index in [4.69, 9.17) is 4.74 Å². The van der Waals surface area contributed by atoms with E-state index in [2.05, 4.69) is 58.4 Å². The third-order valence-electron chi connectivity index (χ3n) is 3.99. The van der Waals surface area contributed by atoms with Crippen molar-refractivity contribution >= 4 is 16.7 Å². The number of morpholine rings is 1. The van der Waals surface area contributed by atoms with Gasteiger partial charge in [-0.15, -0.1) is 10.2 Å². The maximum atomic E-state index is 5.39. The maximum Gasteiger partial charge on any atom is 0.113 e. The zero-order chi connectivity index (χ0) is 14.9. The maximum absolute atomic E-state index is 5.39. The molecule has 3 aromatic rings. The van der Waals surface area contributed by atoms with E-state index in [0.29, 0.717) is 0 Å². The van der Waals surface area contributed by atoms with E-state index < -0.39 is 0 Å². The van der Waals surface area contributed by atoms with Crippen molar-refractivity contribution in [2.24, 2.45) is 0 Å². The number of nitrogens with zero attached hydrogens (tertiary/aromatic N) is 4. The topological polar surface area (TPSA) is 43.2 Å². The molecule has 1 fully saturated rings. The van der Waals surface area contributed by atoms with Crippen LogP contribution in [-0.2, 0) is 4.74 Å². The molecule has 5 nitrogen and oxygen atoms in total. The van der Waals surface area contributed by atoms with Crippen molar-refractivity contribution in [1.29, 1.82) is 0 Å². The molecular formula is C17H18N4O. The van der Waals surface area contributed by atoms with E-state index in [9.17, 15) is 0 Å². The Hall–Kier alpha value is -2.40. The molecule has 0 atom stereocenters. The van der Waals surface area contributed by atoms with Crippen LogP contribution in [0.1, 0.15) is 5.56 Å². The van der Waals surface area contributed by atoms with Crippen molar-refractivity contribution in [2.45, 2.75) is 6.92 Å². The van der Waals surface area contributed by atoms with Crippen molar-refractivity contribution in [3.05, 3.63) is 48.0 Å². The van der Waals surface area contributed by atoms with Crippen LogP contribution in [-0.4, -0.2) is 41.3 Å². The number of benzene rings is 2. The molecule has 2 heterocycles. The van der Waals surface area contributed by atoms with Gasteiger partial charge >= 0.3 is 0 Å². The molecule has 1 aliphatic rings. The van der Waals surface area contributed by atoms with E-state index in [1.807, 2.05) is 6.07 Å². The number of aryl methyl sites for hydroxylation is 1. The number of rotatable bonds is 2. The number of hydrogen-bond donors (Lipinski definition) is 0. The standard InChI is InChI=1S/C17H18N4O/c1-13-2-7-16-17(12-13)19-21(18-16)15-5-3-14(4-6-15)20-8-10-22-11-9-20/h2-7,12H,8-11H2,1H3. The molecule has 1 saturated heterocycles. The van der Waals surface area contributed by atoms with Gasteiger partial charge in [-0.1, -0.05) is 6.07 Å². The van der Waals surface area contributed by atoms with Crippen molar-refractivity contribution in [3.63, 3.8) is 0 Å². The summed E-state index contributed by atoms with van der Waals surface area (Å²) in [6, 6.07) is 14.5. The first-order valence-corrected chi connectivity index (χ1v) is 7.56. The van der Waals surface area contributed by atoms with Crippen LogP contribution in [0.25, 0.3) is 16.7 Å². The average Bonchev–Trinajstić information content (AvgIpc) is 2.99. The summed E-state index contributed by atoms with van der Waals surface area (Å²) < 4.78 is 5.39. The molecular weight excluding hydrogens is 276 g/mol. The van der Waals surface area contributed by atoms with Crippen LogP contribution in [0.3, 0.4) is 0 Å². The molecule has 0 bridgehead atoms. The van der Waals surface area contributed by atoms with Crippen molar-refractivity contribution < 1.29 is 4.74 Å². The Morgan fingerprint density at radius 3 is 2.32 bits per heavy atom. The molecule has 2 aromatic carbocycles.